The normalized spacial score (nSPS) is 10.4. The maximum atomic E-state index is 11.9. The van der Waals surface area contributed by atoms with Crippen molar-refractivity contribution in [3.05, 3.63) is 60.2 Å². The standard InChI is InChI=1S/C16H13N3O2S/c1-10-7-8-11-12(17-10)4-2-5-13(11)18-16(22)19-15(20)14-6-3-9-21-14/h2-9H,1H3,(H2,18,19,20,22). The van der Waals surface area contributed by atoms with E-state index in [0.29, 0.717) is 0 Å². The van der Waals surface area contributed by atoms with Crippen LogP contribution < -0.4 is 10.6 Å². The van der Waals surface area contributed by atoms with E-state index in [1.165, 1.54) is 6.26 Å². The van der Waals surface area contributed by atoms with Gasteiger partial charge in [0.1, 0.15) is 0 Å². The summed E-state index contributed by atoms with van der Waals surface area (Å²) >= 11 is 5.17. The molecule has 2 aromatic heterocycles. The second-order valence-electron chi connectivity index (χ2n) is 4.71. The van der Waals surface area contributed by atoms with Crippen LogP contribution in [-0.4, -0.2) is 16.0 Å². The summed E-state index contributed by atoms with van der Waals surface area (Å²) < 4.78 is 5.02. The molecule has 1 aromatic carbocycles. The lowest BCUT2D eigenvalue weighted by Gasteiger charge is -2.11. The van der Waals surface area contributed by atoms with E-state index in [1.807, 2.05) is 37.3 Å². The Hall–Kier alpha value is -2.73. The molecule has 5 nitrogen and oxygen atoms in total. The first kappa shape index (κ1) is 14.2. The second-order valence-corrected chi connectivity index (χ2v) is 5.12. The highest BCUT2D eigenvalue weighted by molar-refractivity contribution is 7.80. The fraction of sp³-hybridized carbons (Fsp3) is 0.0625. The Morgan fingerprint density at radius 3 is 2.82 bits per heavy atom. The number of aryl methyl sites for hydroxylation is 1. The number of carbonyl (C=O) groups excluding carboxylic acids is 1. The number of carbonyl (C=O) groups is 1. The van der Waals surface area contributed by atoms with Crippen molar-refractivity contribution >= 4 is 39.8 Å². The molecule has 110 valence electrons. The van der Waals surface area contributed by atoms with E-state index < -0.39 is 5.91 Å². The number of anilines is 1. The topological polar surface area (TPSA) is 67.2 Å². The molecule has 0 aliphatic heterocycles. The number of nitrogens with zero attached hydrogens (tertiary/aromatic N) is 1. The largest absolute Gasteiger partial charge is 0.459 e. The number of furan rings is 1. The van der Waals surface area contributed by atoms with Gasteiger partial charge < -0.3 is 9.73 Å². The van der Waals surface area contributed by atoms with E-state index in [9.17, 15) is 4.79 Å². The van der Waals surface area contributed by atoms with Crippen LogP contribution in [0.1, 0.15) is 16.2 Å². The predicted octanol–water partition coefficient (Wildman–Crippen LogP) is 3.26. The molecule has 3 rings (SSSR count). The first-order chi connectivity index (χ1) is 10.6. The highest BCUT2D eigenvalue weighted by Crippen LogP contribution is 2.22. The van der Waals surface area contributed by atoms with Crippen molar-refractivity contribution in [2.24, 2.45) is 0 Å². The van der Waals surface area contributed by atoms with Gasteiger partial charge in [-0.3, -0.25) is 15.1 Å². The summed E-state index contributed by atoms with van der Waals surface area (Å²) in [4.78, 5) is 16.3. The number of rotatable bonds is 2. The van der Waals surface area contributed by atoms with Gasteiger partial charge in [0.2, 0.25) is 0 Å². The molecule has 0 spiro atoms. The summed E-state index contributed by atoms with van der Waals surface area (Å²) in [5.41, 5.74) is 2.60. The van der Waals surface area contributed by atoms with E-state index in [4.69, 9.17) is 16.6 Å². The number of aromatic nitrogens is 1. The van der Waals surface area contributed by atoms with E-state index in [-0.39, 0.29) is 10.9 Å². The van der Waals surface area contributed by atoms with E-state index in [0.717, 1.165) is 22.3 Å². The maximum absolute atomic E-state index is 11.9. The molecule has 0 unspecified atom stereocenters. The number of amides is 1. The van der Waals surface area contributed by atoms with Crippen molar-refractivity contribution in [2.75, 3.05) is 5.32 Å². The van der Waals surface area contributed by atoms with E-state index >= 15 is 0 Å². The minimum atomic E-state index is -0.392. The Bertz CT molecular complexity index is 844. The maximum Gasteiger partial charge on any atom is 0.293 e. The molecule has 0 saturated heterocycles. The molecule has 3 aromatic rings. The van der Waals surface area contributed by atoms with Crippen LogP contribution in [0.2, 0.25) is 0 Å². The number of pyridine rings is 1. The summed E-state index contributed by atoms with van der Waals surface area (Å²) in [5.74, 6) is -0.184. The van der Waals surface area contributed by atoms with Gasteiger partial charge in [0.05, 0.1) is 11.8 Å². The molecule has 0 bridgehead atoms. The second kappa shape index (κ2) is 5.95. The number of thiocarbonyl (C=S) groups is 1. The lowest BCUT2D eigenvalue weighted by atomic mass is 10.1. The molecule has 22 heavy (non-hydrogen) atoms. The van der Waals surface area contributed by atoms with Crippen molar-refractivity contribution in [1.29, 1.82) is 0 Å². The number of hydrogen-bond donors (Lipinski definition) is 2. The first-order valence-electron chi connectivity index (χ1n) is 6.66. The molecule has 0 radical (unpaired) electrons. The number of fused-ring (bicyclic) bond motifs is 1. The van der Waals surface area contributed by atoms with E-state index in [1.54, 1.807) is 12.1 Å². The lowest BCUT2D eigenvalue weighted by molar-refractivity contribution is 0.0950. The number of benzene rings is 1. The molecule has 0 atom stereocenters. The summed E-state index contributed by atoms with van der Waals surface area (Å²) in [6.07, 6.45) is 1.43. The molecule has 0 aliphatic rings. The third-order valence-electron chi connectivity index (χ3n) is 3.09. The Balaban J connectivity index is 1.78. The Labute approximate surface area is 132 Å². The summed E-state index contributed by atoms with van der Waals surface area (Å²) in [6, 6.07) is 12.8. The molecular weight excluding hydrogens is 298 g/mol. The minimum absolute atomic E-state index is 0.203. The van der Waals surface area contributed by atoms with Gasteiger partial charge in [-0.1, -0.05) is 6.07 Å². The van der Waals surface area contributed by atoms with Gasteiger partial charge in [-0.25, -0.2) is 0 Å². The quantitative estimate of drug-likeness (QED) is 0.711. The molecular formula is C16H13N3O2S. The summed E-state index contributed by atoms with van der Waals surface area (Å²) in [6.45, 7) is 1.94. The highest BCUT2D eigenvalue weighted by atomic mass is 32.1. The van der Waals surface area contributed by atoms with Crippen LogP contribution in [0.5, 0.6) is 0 Å². The summed E-state index contributed by atoms with van der Waals surface area (Å²) in [7, 11) is 0. The van der Waals surface area contributed by atoms with Crippen LogP contribution in [0, 0.1) is 6.92 Å². The molecule has 2 heterocycles. The van der Waals surface area contributed by atoms with Gasteiger partial charge in [-0.2, -0.15) is 0 Å². The zero-order valence-corrected chi connectivity index (χ0v) is 12.6. The van der Waals surface area contributed by atoms with Gasteiger partial charge in [-0.15, -0.1) is 0 Å². The van der Waals surface area contributed by atoms with Crippen LogP contribution in [0.15, 0.2) is 53.1 Å². The fourth-order valence-electron chi connectivity index (χ4n) is 2.09. The van der Waals surface area contributed by atoms with E-state index in [2.05, 4.69) is 15.6 Å². The van der Waals surface area contributed by atoms with Gasteiger partial charge in [0.25, 0.3) is 5.91 Å². The molecule has 0 fully saturated rings. The van der Waals surface area contributed by atoms with Crippen LogP contribution in [-0.2, 0) is 0 Å². The number of nitrogens with one attached hydrogen (secondary N) is 2. The van der Waals surface area contributed by atoms with Crippen molar-refractivity contribution in [1.82, 2.24) is 10.3 Å². The fourth-order valence-corrected chi connectivity index (χ4v) is 2.29. The third kappa shape index (κ3) is 2.96. The Morgan fingerprint density at radius 2 is 2.05 bits per heavy atom. The van der Waals surface area contributed by atoms with Gasteiger partial charge in [0.15, 0.2) is 10.9 Å². The molecule has 1 amide bonds. The van der Waals surface area contributed by atoms with Crippen LogP contribution in [0.3, 0.4) is 0 Å². The lowest BCUT2D eigenvalue weighted by Crippen LogP contribution is -2.33. The van der Waals surface area contributed by atoms with Gasteiger partial charge in [-0.05, 0) is 55.5 Å². The average Bonchev–Trinajstić information content (AvgIpc) is 3.01. The third-order valence-corrected chi connectivity index (χ3v) is 3.30. The summed E-state index contributed by atoms with van der Waals surface area (Å²) in [5, 5.41) is 6.73. The van der Waals surface area contributed by atoms with Crippen molar-refractivity contribution in [3.8, 4) is 0 Å². The van der Waals surface area contributed by atoms with Crippen molar-refractivity contribution in [2.45, 2.75) is 6.92 Å². The van der Waals surface area contributed by atoms with Crippen LogP contribution in [0.4, 0.5) is 5.69 Å². The zero-order chi connectivity index (χ0) is 15.5. The molecule has 6 heteroatoms. The van der Waals surface area contributed by atoms with Crippen molar-refractivity contribution < 1.29 is 9.21 Å². The van der Waals surface area contributed by atoms with Crippen LogP contribution >= 0.6 is 12.2 Å². The monoisotopic (exact) mass is 311 g/mol. The first-order valence-corrected chi connectivity index (χ1v) is 7.06. The highest BCUT2D eigenvalue weighted by Gasteiger charge is 2.11. The van der Waals surface area contributed by atoms with Gasteiger partial charge >= 0.3 is 0 Å². The SMILES string of the molecule is Cc1ccc2c(NC(=S)NC(=O)c3ccco3)cccc2n1. The van der Waals surface area contributed by atoms with Crippen LogP contribution in [0.25, 0.3) is 10.9 Å². The Kier molecular flexibility index (Phi) is 3.84. The molecule has 0 saturated carbocycles. The van der Waals surface area contributed by atoms with Gasteiger partial charge in [0, 0.05) is 16.8 Å². The smallest absolute Gasteiger partial charge is 0.293 e. The minimum Gasteiger partial charge on any atom is -0.459 e. The predicted molar refractivity (Wildman–Crippen MR) is 88.9 cm³/mol. The Morgan fingerprint density at radius 1 is 1.18 bits per heavy atom. The molecule has 0 aliphatic carbocycles. The molecule has 2 N–H and O–H groups in total. The van der Waals surface area contributed by atoms with Crippen molar-refractivity contribution in [3.63, 3.8) is 0 Å². The number of hydrogen-bond acceptors (Lipinski definition) is 4. The average molecular weight is 311 g/mol. The zero-order valence-electron chi connectivity index (χ0n) is 11.8.